The van der Waals surface area contributed by atoms with Crippen LogP contribution in [0, 0.1) is 6.92 Å². The minimum absolute atomic E-state index is 0.0102. The number of phenolic OH excluding ortho intramolecular Hbond substituents is 2. The lowest BCUT2D eigenvalue weighted by molar-refractivity contribution is 0.436. The average molecular weight is 299 g/mol. The molecule has 0 atom stereocenters. The zero-order chi connectivity index (χ0) is 15.0. The second-order valence-corrected chi connectivity index (χ2v) is 5.72. The number of benzene rings is 2. The van der Waals surface area contributed by atoms with Crippen LogP contribution >= 0.6 is 11.3 Å². The predicted octanol–water partition coefficient (Wildman–Crippen LogP) is 4.07. The molecule has 0 aliphatic carbocycles. The van der Waals surface area contributed by atoms with Gasteiger partial charge in [-0.2, -0.15) is 0 Å². The number of aromatic nitrogens is 1. The van der Waals surface area contributed by atoms with E-state index in [0.29, 0.717) is 10.6 Å². The van der Waals surface area contributed by atoms with Crippen LogP contribution in [0.1, 0.15) is 16.1 Å². The smallest absolute Gasteiger partial charge is 0.133 e. The lowest BCUT2D eigenvalue weighted by atomic mass is 10.1. The van der Waals surface area contributed by atoms with Crippen LogP contribution in [0.3, 0.4) is 0 Å². The SMILES string of the molecule is Cc1c(O)ccc(/C(O)=C/c2nc3ccccc3s2)c1O. The third kappa shape index (κ3) is 2.43. The first-order valence-electron chi connectivity index (χ1n) is 6.34. The van der Waals surface area contributed by atoms with Crippen molar-refractivity contribution in [1.29, 1.82) is 0 Å². The number of nitrogens with zero attached hydrogens (tertiary/aromatic N) is 1. The Kier molecular flexibility index (Phi) is 3.27. The van der Waals surface area contributed by atoms with Crippen LogP contribution in [0.2, 0.25) is 0 Å². The van der Waals surface area contributed by atoms with Crippen molar-refractivity contribution >= 4 is 33.4 Å². The number of phenols is 2. The second-order valence-electron chi connectivity index (χ2n) is 4.66. The molecule has 0 spiro atoms. The molecule has 2 aromatic carbocycles. The molecular formula is C16H13NO3S. The Bertz CT molecular complexity index is 819. The van der Waals surface area contributed by atoms with Crippen molar-refractivity contribution in [3.63, 3.8) is 0 Å². The lowest BCUT2D eigenvalue weighted by Crippen LogP contribution is -1.87. The van der Waals surface area contributed by atoms with E-state index in [2.05, 4.69) is 4.98 Å². The molecule has 0 aliphatic heterocycles. The quantitative estimate of drug-likeness (QED) is 0.624. The molecular weight excluding hydrogens is 286 g/mol. The predicted molar refractivity (Wildman–Crippen MR) is 84.6 cm³/mol. The van der Waals surface area contributed by atoms with Crippen LogP contribution in [0.25, 0.3) is 22.1 Å². The molecule has 0 fully saturated rings. The molecule has 5 heteroatoms. The molecule has 0 bridgehead atoms. The number of aliphatic hydroxyl groups is 1. The van der Waals surface area contributed by atoms with Crippen molar-refractivity contribution in [2.24, 2.45) is 0 Å². The van der Waals surface area contributed by atoms with E-state index in [-0.39, 0.29) is 22.8 Å². The minimum Gasteiger partial charge on any atom is -0.508 e. The number of hydrogen-bond acceptors (Lipinski definition) is 5. The number of fused-ring (bicyclic) bond motifs is 1. The van der Waals surface area contributed by atoms with Gasteiger partial charge in [0.15, 0.2) is 0 Å². The van der Waals surface area contributed by atoms with Crippen molar-refractivity contribution < 1.29 is 15.3 Å². The summed E-state index contributed by atoms with van der Waals surface area (Å²) in [6.07, 6.45) is 1.51. The number of rotatable bonds is 2. The fourth-order valence-electron chi connectivity index (χ4n) is 2.04. The number of para-hydroxylation sites is 1. The number of aromatic hydroxyl groups is 2. The molecule has 1 heterocycles. The maximum atomic E-state index is 10.2. The largest absolute Gasteiger partial charge is 0.508 e. The van der Waals surface area contributed by atoms with E-state index in [1.54, 1.807) is 6.92 Å². The zero-order valence-corrected chi connectivity index (χ0v) is 12.1. The Morgan fingerprint density at radius 1 is 1.14 bits per heavy atom. The molecule has 0 saturated carbocycles. The van der Waals surface area contributed by atoms with Crippen molar-refractivity contribution in [1.82, 2.24) is 4.98 Å². The molecule has 0 aliphatic rings. The molecule has 3 rings (SSSR count). The highest BCUT2D eigenvalue weighted by Gasteiger charge is 2.12. The Morgan fingerprint density at radius 3 is 2.67 bits per heavy atom. The monoisotopic (exact) mass is 299 g/mol. The van der Waals surface area contributed by atoms with Gasteiger partial charge in [-0.15, -0.1) is 11.3 Å². The summed E-state index contributed by atoms with van der Waals surface area (Å²) in [4.78, 5) is 4.40. The van der Waals surface area contributed by atoms with Gasteiger partial charge in [0.2, 0.25) is 0 Å². The number of hydrogen-bond donors (Lipinski definition) is 3. The van der Waals surface area contributed by atoms with Crippen LogP contribution in [-0.4, -0.2) is 20.3 Å². The molecule has 3 aromatic rings. The summed E-state index contributed by atoms with van der Waals surface area (Å²) in [6, 6.07) is 10.6. The molecule has 106 valence electrons. The van der Waals surface area contributed by atoms with Gasteiger partial charge in [0, 0.05) is 11.6 Å². The summed E-state index contributed by atoms with van der Waals surface area (Å²) in [7, 11) is 0. The minimum atomic E-state index is -0.134. The first kappa shape index (κ1) is 13.5. The third-order valence-corrected chi connectivity index (χ3v) is 4.23. The van der Waals surface area contributed by atoms with Gasteiger partial charge in [-0.05, 0) is 31.2 Å². The van der Waals surface area contributed by atoms with E-state index in [0.717, 1.165) is 10.2 Å². The maximum absolute atomic E-state index is 10.2. The maximum Gasteiger partial charge on any atom is 0.133 e. The molecule has 3 N–H and O–H groups in total. The van der Waals surface area contributed by atoms with E-state index < -0.39 is 0 Å². The van der Waals surface area contributed by atoms with Gasteiger partial charge in [0.05, 0.1) is 15.8 Å². The topological polar surface area (TPSA) is 73.6 Å². The normalized spacial score (nSPS) is 12.0. The van der Waals surface area contributed by atoms with Gasteiger partial charge in [-0.1, -0.05) is 12.1 Å². The van der Waals surface area contributed by atoms with E-state index >= 15 is 0 Å². The Hall–Kier alpha value is -2.53. The highest BCUT2D eigenvalue weighted by atomic mass is 32.1. The van der Waals surface area contributed by atoms with E-state index in [9.17, 15) is 15.3 Å². The van der Waals surface area contributed by atoms with Crippen LogP contribution in [0.15, 0.2) is 36.4 Å². The van der Waals surface area contributed by atoms with Crippen molar-refractivity contribution in [2.75, 3.05) is 0 Å². The third-order valence-electron chi connectivity index (χ3n) is 3.25. The van der Waals surface area contributed by atoms with Crippen molar-refractivity contribution in [3.05, 3.63) is 52.5 Å². The molecule has 4 nitrogen and oxygen atoms in total. The van der Waals surface area contributed by atoms with Gasteiger partial charge in [0.1, 0.15) is 22.3 Å². The highest BCUT2D eigenvalue weighted by molar-refractivity contribution is 7.19. The summed E-state index contributed by atoms with van der Waals surface area (Å²) >= 11 is 1.45. The first-order chi connectivity index (χ1) is 10.1. The van der Waals surface area contributed by atoms with Crippen LogP contribution < -0.4 is 0 Å². The highest BCUT2D eigenvalue weighted by Crippen LogP contribution is 2.34. The molecule has 1 aromatic heterocycles. The van der Waals surface area contributed by atoms with Crippen LogP contribution in [0.5, 0.6) is 11.5 Å². The van der Waals surface area contributed by atoms with E-state index in [1.807, 2.05) is 24.3 Å². The van der Waals surface area contributed by atoms with Crippen LogP contribution in [0.4, 0.5) is 0 Å². The summed E-state index contributed by atoms with van der Waals surface area (Å²) < 4.78 is 1.03. The Labute approximate surface area is 125 Å². The molecule has 0 saturated heterocycles. The first-order valence-corrected chi connectivity index (χ1v) is 7.16. The fourth-order valence-corrected chi connectivity index (χ4v) is 2.95. The summed E-state index contributed by atoms with van der Waals surface area (Å²) in [6.45, 7) is 1.58. The van der Waals surface area contributed by atoms with Gasteiger partial charge >= 0.3 is 0 Å². The fraction of sp³-hybridized carbons (Fsp3) is 0.0625. The Morgan fingerprint density at radius 2 is 1.90 bits per heavy atom. The molecule has 0 unspecified atom stereocenters. The number of thiazole rings is 1. The zero-order valence-electron chi connectivity index (χ0n) is 11.2. The van der Waals surface area contributed by atoms with E-state index in [4.69, 9.17) is 0 Å². The molecule has 0 radical (unpaired) electrons. The van der Waals surface area contributed by atoms with Gasteiger partial charge in [-0.3, -0.25) is 0 Å². The van der Waals surface area contributed by atoms with Crippen molar-refractivity contribution in [2.45, 2.75) is 6.92 Å². The number of aliphatic hydroxyl groups excluding tert-OH is 1. The van der Waals surface area contributed by atoms with Gasteiger partial charge in [-0.25, -0.2) is 4.98 Å². The van der Waals surface area contributed by atoms with Crippen molar-refractivity contribution in [3.8, 4) is 11.5 Å². The standard InChI is InChI=1S/C16H13NO3S/c1-9-12(18)7-6-10(16(9)20)13(19)8-15-17-11-4-2-3-5-14(11)21-15/h2-8,18-20H,1H3/b13-8-. The molecule has 21 heavy (non-hydrogen) atoms. The van der Waals surface area contributed by atoms with Gasteiger partial charge < -0.3 is 15.3 Å². The van der Waals surface area contributed by atoms with Crippen LogP contribution in [-0.2, 0) is 0 Å². The average Bonchev–Trinajstić information content (AvgIpc) is 2.86. The summed E-state index contributed by atoms with van der Waals surface area (Å²) in [5.41, 5.74) is 1.47. The summed E-state index contributed by atoms with van der Waals surface area (Å²) in [5.74, 6) is -0.233. The Balaban J connectivity index is 2.05. The lowest BCUT2D eigenvalue weighted by Gasteiger charge is -2.07. The molecule has 0 amide bonds. The summed E-state index contributed by atoms with van der Waals surface area (Å²) in [5, 5.41) is 30.3. The van der Waals surface area contributed by atoms with E-state index in [1.165, 1.54) is 29.5 Å². The van der Waals surface area contributed by atoms with Gasteiger partial charge in [0.25, 0.3) is 0 Å². The second kappa shape index (κ2) is 5.10.